The van der Waals surface area contributed by atoms with Crippen LogP contribution in [0.5, 0.6) is 0 Å². The number of likely N-dealkylation sites (tertiary alicyclic amines) is 2. The number of nitrogens with two attached hydrogens (primary N) is 1. The Kier molecular flexibility index (Phi) is 5.40. The Morgan fingerprint density at radius 2 is 1.68 bits per heavy atom. The summed E-state index contributed by atoms with van der Waals surface area (Å²) in [7, 11) is 0. The van der Waals surface area contributed by atoms with Gasteiger partial charge in [0.1, 0.15) is 0 Å². The third-order valence-electron chi connectivity index (χ3n) is 6.30. The fourth-order valence-electron chi connectivity index (χ4n) is 4.74. The summed E-state index contributed by atoms with van der Waals surface area (Å²) in [6, 6.07) is 0.615. The van der Waals surface area contributed by atoms with Crippen molar-refractivity contribution >= 4 is 5.91 Å². The summed E-state index contributed by atoms with van der Waals surface area (Å²) >= 11 is 0. The van der Waals surface area contributed by atoms with Gasteiger partial charge in [0, 0.05) is 25.6 Å². The highest BCUT2D eigenvalue weighted by Gasteiger charge is 2.37. The molecule has 2 heterocycles. The minimum absolute atomic E-state index is 0.110. The van der Waals surface area contributed by atoms with Crippen LogP contribution in [-0.2, 0) is 4.79 Å². The second-order valence-corrected chi connectivity index (χ2v) is 7.82. The van der Waals surface area contributed by atoms with Crippen LogP contribution in [0, 0.1) is 5.41 Å². The van der Waals surface area contributed by atoms with Crippen molar-refractivity contribution in [3.8, 4) is 0 Å². The van der Waals surface area contributed by atoms with Crippen LogP contribution >= 0.6 is 0 Å². The largest absolute Gasteiger partial charge is 0.341 e. The van der Waals surface area contributed by atoms with Crippen molar-refractivity contribution < 1.29 is 4.79 Å². The number of amides is 1. The Bertz CT molecular complexity index is 373. The predicted molar refractivity (Wildman–Crippen MR) is 89.6 cm³/mol. The van der Waals surface area contributed by atoms with Gasteiger partial charge >= 0.3 is 0 Å². The normalized spacial score (nSPS) is 29.7. The molecule has 1 unspecified atom stereocenters. The lowest BCUT2D eigenvalue weighted by Crippen LogP contribution is -2.43. The fourth-order valence-corrected chi connectivity index (χ4v) is 4.74. The number of carbonyl (C=O) groups is 1. The predicted octanol–water partition coefficient (Wildman–Crippen LogP) is 2.37. The van der Waals surface area contributed by atoms with E-state index in [1.54, 1.807) is 0 Å². The molecule has 2 N–H and O–H groups in total. The van der Waals surface area contributed by atoms with Gasteiger partial charge in [0.05, 0.1) is 0 Å². The van der Waals surface area contributed by atoms with Crippen LogP contribution in [0.2, 0.25) is 0 Å². The van der Waals surface area contributed by atoms with Crippen LogP contribution in [0.15, 0.2) is 0 Å². The average Bonchev–Trinajstić information content (AvgIpc) is 3.07. The molecule has 3 fully saturated rings. The first-order valence-electron chi connectivity index (χ1n) is 9.44. The fraction of sp³-hybridized carbons (Fsp3) is 0.944. The van der Waals surface area contributed by atoms with E-state index in [1.807, 2.05) is 0 Å². The lowest BCUT2D eigenvalue weighted by Gasteiger charge is -2.37. The molecule has 22 heavy (non-hydrogen) atoms. The molecule has 1 atom stereocenters. The van der Waals surface area contributed by atoms with E-state index in [0.29, 0.717) is 24.9 Å². The molecule has 0 bridgehead atoms. The van der Waals surface area contributed by atoms with Gasteiger partial charge in [-0.15, -0.1) is 0 Å². The smallest absolute Gasteiger partial charge is 0.223 e. The maximum absolute atomic E-state index is 12.8. The van der Waals surface area contributed by atoms with Crippen molar-refractivity contribution in [3.63, 3.8) is 0 Å². The van der Waals surface area contributed by atoms with Gasteiger partial charge in [-0.25, -0.2) is 0 Å². The summed E-state index contributed by atoms with van der Waals surface area (Å²) in [6.07, 6.45) is 12.0. The molecule has 0 aromatic carbocycles. The summed E-state index contributed by atoms with van der Waals surface area (Å²) in [4.78, 5) is 17.5. The molecule has 1 aliphatic carbocycles. The minimum atomic E-state index is 0.110. The zero-order valence-electron chi connectivity index (χ0n) is 14.1. The molecule has 3 rings (SSSR count). The lowest BCUT2D eigenvalue weighted by molar-refractivity contribution is -0.133. The minimum Gasteiger partial charge on any atom is -0.341 e. The maximum Gasteiger partial charge on any atom is 0.223 e. The third-order valence-corrected chi connectivity index (χ3v) is 6.30. The summed E-state index contributed by atoms with van der Waals surface area (Å²) < 4.78 is 0. The highest BCUT2D eigenvalue weighted by Crippen LogP contribution is 2.39. The van der Waals surface area contributed by atoms with Gasteiger partial charge < -0.3 is 10.6 Å². The first-order valence-corrected chi connectivity index (χ1v) is 9.44. The van der Waals surface area contributed by atoms with E-state index in [-0.39, 0.29) is 5.41 Å². The molecular formula is C18H33N3O. The van der Waals surface area contributed by atoms with Crippen molar-refractivity contribution in [2.75, 3.05) is 32.7 Å². The summed E-state index contributed by atoms with van der Waals surface area (Å²) in [5.41, 5.74) is 6.16. The number of rotatable bonds is 4. The Labute approximate surface area is 135 Å². The van der Waals surface area contributed by atoms with Gasteiger partial charge in [-0.05, 0) is 57.2 Å². The van der Waals surface area contributed by atoms with E-state index in [1.165, 1.54) is 58.0 Å². The zero-order chi connectivity index (χ0) is 15.4. The van der Waals surface area contributed by atoms with Gasteiger partial charge in [0.25, 0.3) is 0 Å². The van der Waals surface area contributed by atoms with Crippen LogP contribution in [0.3, 0.4) is 0 Å². The highest BCUT2D eigenvalue weighted by atomic mass is 16.2. The number of nitrogens with zero attached hydrogens (tertiary/aromatic N) is 2. The molecule has 126 valence electrons. The molecule has 2 saturated heterocycles. The van der Waals surface area contributed by atoms with Crippen molar-refractivity contribution in [1.82, 2.24) is 9.80 Å². The SMILES string of the molecule is NCC1(CC(=O)N2CCC(N3CCCCC3)C2)CCCCC1. The third kappa shape index (κ3) is 3.65. The van der Waals surface area contributed by atoms with Gasteiger partial charge in [-0.3, -0.25) is 9.69 Å². The Balaban J connectivity index is 1.52. The van der Waals surface area contributed by atoms with Crippen LogP contribution in [0.1, 0.15) is 64.2 Å². The van der Waals surface area contributed by atoms with Gasteiger partial charge in [-0.1, -0.05) is 25.7 Å². The molecule has 1 saturated carbocycles. The lowest BCUT2D eigenvalue weighted by atomic mass is 9.71. The Morgan fingerprint density at radius 3 is 2.36 bits per heavy atom. The highest BCUT2D eigenvalue weighted by molar-refractivity contribution is 5.77. The number of hydrogen-bond donors (Lipinski definition) is 1. The molecule has 0 spiro atoms. The molecule has 0 radical (unpaired) electrons. The van der Waals surface area contributed by atoms with Crippen molar-refractivity contribution in [2.24, 2.45) is 11.1 Å². The van der Waals surface area contributed by atoms with E-state index in [2.05, 4.69) is 9.80 Å². The Morgan fingerprint density at radius 1 is 1.00 bits per heavy atom. The first-order chi connectivity index (χ1) is 10.7. The van der Waals surface area contributed by atoms with Crippen LogP contribution in [0.25, 0.3) is 0 Å². The molecule has 0 aromatic heterocycles. The van der Waals surface area contributed by atoms with Crippen molar-refractivity contribution in [1.29, 1.82) is 0 Å². The van der Waals surface area contributed by atoms with Gasteiger partial charge in [0.15, 0.2) is 0 Å². The average molecular weight is 307 g/mol. The molecule has 1 amide bonds. The molecule has 2 aliphatic heterocycles. The maximum atomic E-state index is 12.8. The van der Waals surface area contributed by atoms with E-state index in [9.17, 15) is 4.79 Å². The van der Waals surface area contributed by atoms with E-state index in [4.69, 9.17) is 5.73 Å². The van der Waals surface area contributed by atoms with Crippen LogP contribution in [0.4, 0.5) is 0 Å². The van der Waals surface area contributed by atoms with Gasteiger partial charge in [-0.2, -0.15) is 0 Å². The zero-order valence-corrected chi connectivity index (χ0v) is 14.1. The molecule has 0 aromatic rings. The molecule has 4 nitrogen and oxygen atoms in total. The molecule has 4 heteroatoms. The summed E-state index contributed by atoms with van der Waals surface area (Å²) in [5.74, 6) is 0.367. The Hall–Kier alpha value is -0.610. The van der Waals surface area contributed by atoms with E-state index < -0.39 is 0 Å². The summed E-state index contributed by atoms with van der Waals surface area (Å²) in [6.45, 7) is 5.07. The van der Waals surface area contributed by atoms with Crippen molar-refractivity contribution in [2.45, 2.75) is 70.3 Å². The number of carbonyl (C=O) groups excluding carboxylic acids is 1. The van der Waals surface area contributed by atoms with E-state index >= 15 is 0 Å². The van der Waals surface area contributed by atoms with Crippen LogP contribution < -0.4 is 5.73 Å². The van der Waals surface area contributed by atoms with E-state index in [0.717, 1.165) is 25.9 Å². The molecular weight excluding hydrogens is 274 g/mol. The number of hydrogen-bond acceptors (Lipinski definition) is 3. The second-order valence-electron chi connectivity index (χ2n) is 7.82. The monoisotopic (exact) mass is 307 g/mol. The topological polar surface area (TPSA) is 49.6 Å². The standard InChI is InChI=1S/C18H33N3O/c19-15-18(8-3-1-4-9-18)13-17(22)21-12-7-16(14-21)20-10-5-2-6-11-20/h16H,1-15,19H2. The second kappa shape index (κ2) is 7.31. The molecule has 3 aliphatic rings. The summed E-state index contributed by atoms with van der Waals surface area (Å²) in [5, 5.41) is 0. The van der Waals surface area contributed by atoms with Crippen LogP contribution in [-0.4, -0.2) is 54.5 Å². The first kappa shape index (κ1) is 16.3. The van der Waals surface area contributed by atoms with Crippen molar-refractivity contribution in [3.05, 3.63) is 0 Å². The quantitative estimate of drug-likeness (QED) is 0.867. The number of piperidine rings is 1. The van der Waals surface area contributed by atoms with Gasteiger partial charge in [0.2, 0.25) is 5.91 Å².